The summed E-state index contributed by atoms with van der Waals surface area (Å²) in [4.78, 5) is 12.2. The van der Waals surface area contributed by atoms with E-state index in [1.54, 1.807) is 30.3 Å². The molecule has 2 aromatic rings. The van der Waals surface area contributed by atoms with Crippen molar-refractivity contribution in [1.82, 2.24) is 0 Å². The van der Waals surface area contributed by atoms with Crippen LogP contribution in [0, 0.1) is 6.92 Å². The Hall–Kier alpha value is -2.40. The quantitative estimate of drug-likeness (QED) is 0.585. The molecule has 0 spiro atoms. The molecular formula is C18H19ClO5. The molecule has 24 heavy (non-hydrogen) atoms. The molecule has 5 nitrogen and oxygen atoms in total. The van der Waals surface area contributed by atoms with Gasteiger partial charge in [-0.3, -0.25) is 4.79 Å². The molecule has 0 saturated heterocycles. The van der Waals surface area contributed by atoms with Gasteiger partial charge in [0.15, 0.2) is 11.5 Å². The minimum absolute atomic E-state index is 0.0678. The molecule has 0 aliphatic rings. The van der Waals surface area contributed by atoms with Crippen molar-refractivity contribution >= 4 is 17.6 Å². The number of rotatable bonds is 6. The zero-order chi connectivity index (χ0) is 17.7. The minimum atomic E-state index is -0.397. The number of hydrogen-bond donors (Lipinski definition) is 0. The Labute approximate surface area is 146 Å². The lowest BCUT2D eigenvalue weighted by Crippen LogP contribution is -2.11. The van der Waals surface area contributed by atoms with Gasteiger partial charge >= 0.3 is 5.97 Å². The van der Waals surface area contributed by atoms with Crippen LogP contribution in [0.1, 0.15) is 11.1 Å². The van der Waals surface area contributed by atoms with Crippen LogP contribution < -0.4 is 18.9 Å². The summed E-state index contributed by atoms with van der Waals surface area (Å²) in [6.45, 7) is 1.85. The van der Waals surface area contributed by atoms with E-state index in [1.807, 2.05) is 6.92 Å². The fourth-order valence-electron chi connectivity index (χ4n) is 2.25. The third-order valence-corrected chi connectivity index (χ3v) is 3.86. The zero-order valence-electron chi connectivity index (χ0n) is 14.0. The highest BCUT2D eigenvalue weighted by molar-refractivity contribution is 6.31. The second kappa shape index (κ2) is 7.93. The van der Waals surface area contributed by atoms with Crippen LogP contribution in [0.25, 0.3) is 0 Å². The van der Waals surface area contributed by atoms with Crippen LogP contribution in [-0.4, -0.2) is 27.3 Å². The van der Waals surface area contributed by atoms with Crippen LogP contribution in [0.4, 0.5) is 0 Å². The van der Waals surface area contributed by atoms with Crippen LogP contribution in [0.2, 0.25) is 5.02 Å². The van der Waals surface area contributed by atoms with Gasteiger partial charge in [-0.15, -0.1) is 0 Å². The van der Waals surface area contributed by atoms with Crippen molar-refractivity contribution in [3.8, 4) is 23.0 Å². The number of carbonyl (C=O) groups excluding carboxylic acids is 1. The first kappa shape index (κ1) is 17.9. The number of methoxy groups -OCH3 is 3. The van der Waals surface area contributed by atoms with Crippen LogP contribution in [-0.2, 0) is 11.2 Å². The van der Waals surface area contributed by atoms with E-state index in [9.17, 15) is 4.79 Å². The van der Waals surface area contributed by atoms with Gasteiger partial charge in [-0.05, 0) is 48.4 Å². The second-order valence-electron chi connectivity index (χ2n) is 5.10. The largest absolute Gasteiger partial charge is 0.493 e. The normalized spacial score (nSPS) is 10.2. The fourth-order valence-corrected chi connectivity index (χ4v) is 2.37. The monoisotopic (exact) mass is 350 g/mol. The molecule has 2 aromatic carbocycles. The van der Waals surface area contributed by atoms with Gasteiger partial charge in [0.25, 0.3) is 0 Å². The predicted octanol–water partition coefficient (Wildman–Crippen LogP) is 3.82. The van der Waals surface area contributed by atoms with Crippen molar-refractivity contribution in [2.75, 3.05) is 21.3 Å². The van der Waals surface area contributed by atoms with Crippen LogP contribution in [0.3, 0.4) is 0 Å². The Kier molecular flexibility index (Phi) is 5.93. The summed E-state index contributed by atoms with van der Waals surface area (Å²) in [6.07, 6.45) is 0.0678. The first-order chi connectivity index (χ1) is 11.5. The average molecular weight is 351 g/mol. The highest BCUT2D eigenvalue weighted by Gasteiger charge is 2.16. The molecule has 2 rings (SSSR count). The van der Waals surface area contributed by atoms with Gasteiger partial charge in [0.2, 0.25) is 5.75 Å². The summed E-state index contributed by atoms with van der Waals surface area (Å²) >= 11 is 5.96. The van der Waals surface area contributed by atoms with Crippen molar-refractivity contribution < 1.29 is 23.7 Å². The molecule has 6 heteroatoms. The maximum atomic E-state index is 12.2. The number of aryl methyl sites for hydroxylation is 1. The van der Waals surface area contributed by atoms with E-state index in [0.29, 0.717) is 33.6 Å². The highest BCUT2D eigenvalue weighted by atomic mass is 35.5. The van der Waals surface area contributed by atoms with Gasteiger partial charge in [0.05, 0.1) is 27.8 Å². The minimum Gasteiger partial charge on any atom is -0.493 e. The molecule has 0 bridgehead atoms. The lowest BCUT2D eigenvalue weighted by molar-refractivity contribution is -0.133. The van der Waals surface area contributed by atoms with E-state index < -0.39 is 5.97 Å². The number of ether oxygens (including phenoxy) is 4. The van der Waals surface area contributed by atoms with Gasteiger partial charge in [0, 0.05) is 5.02 Å². The van der Waals surface area contributed by atoms with E-state index in [0.717, 1.165) is 5.56 Å². The second-order valence-corrected chi connectivity index (χ2v) is 5.50. The van der Waals surface area contributed by atoms with Crippen molar-refractivity contribution in [3.63, 3.8) is 0 Å². The van der Waals surface area contributed by atoms with Crippen LogP contribution >= 0.6 is 11.6 Å². The topological polar surface area (TPSA) is 54.0 Å². The summed E-state index contributed by atoms with van der Waals surface area (Å²) in [7, 11) is 4.57. The lowest BCUT2D eigenvalue weighted by Gasteiger charge is -2.14. The third-order valence-electron chi connectivity index (χ3n) is 3.43. The van der Waals surface area contributed by atoms with Crippen molar-refractivity contribution in [3.05, 3.63) is 46.5 Å². The number of esters is 1. The molecule has 0 aliphatic heterocycles. The summed E-state index contributed by atoms with van der Waals surface area (Å²) in [6, 6.07) is 8.50. The fraction of sp³-hybridized carbons (Fsp3) is 0.278. The molecule has 0 unspecified atom stereocenters. The van der Waals surface area contributed by atoms with Gasteiger partial charge in [-0.25, -0.2) is 0 Å². The molecule has 0 N–H and O–H groups in total. The van der Waals surface area contributed by atoms with Crippen molar-refractivity contribution in [1.29, 1.82) is 0 Å². The van der Waals surface area contributed by atoms with Crippen molar-refractivity contribution in [2.24, 2.45) is 0 Å². The van der Waals surface area contributed by atoms with Gasteiger partial charge in [-0.1, -0.05) is 11.6 Å². The van der Waals surface area contributed by atoms with Gasteiger partial charge in [0.1, 0.15) is 5.75 Å². The van der Waals surface area contributed by atoms with Crippen molar-refractivity contribution in [2.45, 2.75) is 13.3 Å². The third kappa shape index (κ3) is 4.11. The standard InChI is InChI=1S/C18H19ClO5/c1-11-7-13(5-6-14(11)19)24-17(20)10-12-8-15(21-2)18(23-4)16(9-12)22-3/h5-9H,10H2,1-4H3. The average Bonchev–Trinajstić information content (AvgIpc) is 2.57. The maximum Gasteiger partial charge on any atom is 0.315 e. The number of carbonyl (C=O) groups is 1. The highest BCUT2D eigenvalue weighted by Crippen LogP contribution is 2.38. The summed E-state index contributed by atoms with van der Waals surface area (Å²) in [5, 5.41) is 0.624. The Morgan fingerprint density at radius 2 is 1.62 bits per heavy atom. The first-order valence-electron chi connectivity index (χ1n) is 7.24. The van der Waals surface area contributed by atoms with Crippen LogP contribution in [0.15, 0.2) is 30.3 Å². The van der Waals surface area contributed by atoms with Gasteiger partial charge < -0.3 is 18.9 Å². The number of hydrogen-bond acceptors (Lipinski definition) is 5. The molecular weight excluding hydrogens is 332 g/mol. The summed E-state index contributed by atoms with van der Waals surface area (Å²) < 4.78 is 21.2. The molecule has 0 amide bonds. The molecule has 0 heterocycles. The Morgan fingerprint density at radius 1 is 1.00 bits per heavy atom. The van der Waals surface area contributed by atoms with E-state index >= 15 is 0 Å². The Morgan fingerprint density at radius 3 is 2.12 bits per heavy atom. The molecule has 0 saturated carbocycles. The summed E-state index contributed by atoms with van der Waals surface area (Å²) in [5.41, 5.74) is 1.54. The predicted molar refractivity (Wildman–Crippen MR) is 91.6 cm³/mol. The molecule has 0 aromatic heterocycles. The Bertz CT molecular complexity index is 717. The van der Waals surface area contributed by atoms with E-state index in [-0.39, 0.29) is 6.42 Å². The Balaban J connectivity index is 2.17. The van der Waals surface area contributed by atoms with E-state index in [4.69, 9.17) is 30.5 Å². The first-order valence-corrected chi connectivity index (χ1v) is 7.62. The molecule has 0 radical (unpaired) electrons. The molecule has 0 atom stereocenters. The smallest absolute Gasteiger partial charge is 0.315 e. The van der Waals surface area contributed by atoms with E-state index in [2.05, 4.69) is 0 Å². The zero-order valence-corrected chi connectivity index (χ0v) is 14.8. The number of benzene rings is 2. The number of halogens is 1. The summed E-state index contributed by atoms with van der Waals surface area (Å²) in [5.74, 6) is 1.51. The molecule has 0 aliphatic carbocycles. The van der Waals surface area contributed by atoms with Crippen LogP contribution in [0.5, 0.6) is 23.0 Å². The lowest BCUT2D eigenvalue weighted by atomic mass is 10.1. The van der Waals surface area contributed by atoms with E-state index in [1.165, 1.54) is 21.3 Å². The van der Waals surface area contributed by atoms with Gasteiger partial charge in [-0.2, -0.15) is 0 Å². The SMILES string of the molecule is COc1cc(CC(=O)Oc2ccc(Cl)c(C)c2)cc(OC)c1OC. The molecule has 128 valence electrons. The molecule has 0 fully saturated rings. The maximum absolute atomic E-state index is 12.2.